The maximum atomic E-state index is 11.1. The van der Waals surface area contributed by atoms with E-state index in [0.717, 1.165) is 23.4 Å². The summed E-state index contributed by atoms with van der Waals surface area (Å²) in [6, 6.07) is 5.56. The van der Waals surface area contributed by atoms with Gasteiger partial charge < -0.3 is 9.67 Å². The summed E-state index contributed by atoms with van der Waals surface area (Å²) in [7, 11) is 0. The number of aliphatic carboxylic acids is 1. The van der Waals surface area contributed by atoms with Gasteiger partial charge in [-0.2, -0.15) is 0 Å². The first-order valence-electron chi connectivity index (χ1n) is 6.34. The molecule has 2 aromatic rings. The van der Waals surface area contributed by atoms with Crippen LogP contribution in [-0.4, -0.2) is 20.6 Å². The van der Waals surface area contributed by atoms with E-state index in [-0.39, 0.29) is 5.92 Å². The van der Waals surface area contributed by atoms with Crippen LogP contribution in [-0.2, 0) is 11.3 Å². The van der Waals surface area contributed by atoms with E-state index in [4.69, 9.17) is 16.7 Å². The van der Waals surface area contributed by atoms with E-state index in [2.05, 4.69) is 9.55 Å². The normalized spacial score (nSPS) is 14.5. The van der Waals surface area contributed by atoms with Crippen LogP contribution in [0.3, 0.4) is 0 Å². The summed E-state index contributed by atoms with van der Waals surface area (Å²) in [5.74, 6) is -0.629. The molecule has 0 aliphatic rings. The number of aryl methyl sites for hydroxylation is 1. The lowest BCUT2D eigenvalue weighted by Gasteiger charge is -2.16. The highest BCUT2D eigenvalue weighted by atomic mass is 35.5. The molecule has 4 nitrogen and oxygen atoms in total. The average molecular weight is 281 g/mol. The molecule has 2 unspecified atom stereocenters. The Hall–Kier alpha value is -1.55. The summed E-state index contributed by atoms with van der Waals surface area (Å²) in [6.45, 7) is 6.38. The highest BCUT2D eigenvalue weighted by Crippen LogP contribution is 2.28. The Morgan fingerprint density at radius 1 is 1.47 bits per heavy atom. The summed E-state index contributed by atoms with van der Waals surface area (Å²) in [4.78, 5) is 15.7. The molecule has 2 rings (SSSR count). The van der Waals surface area contributed by atoms with Gasteiger partial charge in [0.05, 0.1) is 17.0 Å². The minimum Gasteiger partial charge on any atom is -0.481 e. The summed E-state index contributed by atoms with van der Waals surface area (Å²) < 4.78 is 2.05. The van der Waals surface area contributed by atoms with Crippen molar-refractivity contribution in [2.24, 2.45) is 5.92 Å². The van der Waals surface area contributed by atoms with Crippen LogP contribution < -0.4 is 0 Å². The van der Waals surface area contributed by atoms with Crippen LogP contribution in [0, 0.1) is 5.92 Å². The van der Waals surface area contributed by atoms with Crippen molar-refractivity contribution in [2.75, 3.05) is 0 Å². The van der Waals surface area contributed by atoms with Gasteiger partial charge in [0.1, 0.15) is 5.82 Å². The molecule has 1 N–H and O–H groups in total. The largest absolute Gasteiger partial charge is 0.481 e. The van der Waals surface area contributed by atoms with E-state index in [1.54, 1.807) is 6.92 Å². The van der Waals surface area contributed by atoms with Gasteiger partial charge in [-0.3, -0.25) is 4.79 Å². The third-order valence-electron chi connectivity index (χ3n) is 3.60. The van der Waals surface area contributed by atoms with Gasteiger partial charge in [-0.25, -0.2) is 4.98 Å². The molecule has 1 heterocycles. The maximum absolute atomic E-state index is 11.1. The van der Waals surface area contributed by atoms with Crippen LogP contribution in [0.1, 0.15) is 32.5 Å². The number of rotatable bonds is 4. The third-order valence-corrected chi connectivity index (χ3v) is 3.84. The lowest BCUT2D eigenvalue weighted by molar-refractivity contribution is -0.141. The van der Waals surface area contributed by atoms with Crippen molar-refractivity contribution >= 4 is 28.6 Å². The Morgan fingerprint density at radius 2 is 2.16 bits per heavy atom. The average Bonchev–Trinajstić information content (AvgIpc) is 2.74. The number of carboxylic acid groups (broad SMARTS) is 1. The SMILES string of the molecule is CCn1c(C(C)C(C)C(=O)O)nc2cc(Cl)ccc21. The molecule has 0 aliphatic carbocycles. The molecule has 0 bridgehead atoms. The molecule has 1 aromatic heterocycles. The monoisotopic (exact) mass is 280 g/mol. The van der Waals surface area contributed by atoms with Gasteiger partial charge >= 0.3 is 5.97 Å². The molecule has 0 radical (unpaired) electrons. The first kappa shape index (κ1) is 13.9. The van der Waals surface area contributed by atoms with Crippen molar-refractivity contribution in [2.45, 2.75) is 33.2 Å². The third kappa shape index (κ3) is 2.45. The Bertz CT molecular complexity index is 621. The molecule has 2 atom stereocenters. The molecule has 102 valence electrons. The van der Waals surface area contributed by atoms with Crippen LogP contribution in [0.15, 0.2) is 18.2 Å². The second kappa shape index (κ2) is 5.21. The second-order valence-corrected chi connectivity index (χ2v) is 5.20. The molecule has 0 spiro atoms. The van der Waals surface area contributed by atoms with Gasteiger partial charge in [0.25, 0.3) is 0 Å². The Morgan fingerprint density at radius 3 is 2.74 bits per heavy atom. The van der Waals surface area contributed by atoms with Crippen LogP contribution in [0.5, 0.6) is 0 Å². The smallest absolute Gasteiger partial charge is 0.306 e. The minimum absolute atomic E-state index is 0.149. The van der Waals surface area contributed by atoms with E-state index in [9.17, 15) is 4.79 Å². The fraction of sp³-hybridized carbons (Fsp3) is 0.429. The lowest BCUT2D eigenvalue weighted by atomic mass is 9.95. The van der Waals surface area contributed by atoms with Crippen molar-refractivity contribution in [3.05, 3.63) is 29.0 Å². The number of halogens is 1. The van der Waals surface area contributed by atoms with Crippen molar-refractivity contribution < 1.29 is 9.90 Å². The fourth-order valence-electron chi connectivity index (χ4n) is 2.24. The van der Waals surface area contributed by atoms with Gasteiger partial charge in [0.15, 0.2) is 0 Å². The van der Waals surface area contributed by atoms with Gasteiger partial charge in [-0.1, -0.05) is 25.4 Å². The van der Waals surface area contributed by atoms with E-state index in [0.29, 0.717) is 5.02 Å². The zero-order valence-corrected chi connectivity index (χ0v) is 12.0. The number of benzene rings is 1. The highest BCUT2D eigenvalue weighted by Gasteiger charge is 2.25. The second-order valence-electron chi connectivity index (χ2n) is 4.76. The number of hydrogen-bond donors (Lipinski definition) is 1. The number of nitrogens with zero attached hydrogens (tertiary/aromatic N) is 2. The van der Waals surface area contributed by atoms with E-state index in [1.807, 2.05) is 32.0 Å². The molecule has 1 aromatic carbocycles. The van der Waals surface area contributed by atoms with Gasteiger partial charge in [-0.05, 0) is 25.1 Å². The summed E-state index contributed by atoms with van der Waals surface area (Å²) in [5, 5.41) is 9.78. The zero-order chi connectivity index (χ0) is 14.2. The highest BCUT2D eigenvalue weighted by molar-refractivity contribution is 6.31. The van der Waals surface area contributed by atoms with Crippen LogP contribution in [0.2, 0.25) is 5.02 Å². The molecular weight excluding hydrogens is 264 g/mol. The fourth-order valence-corrected chi connectivity index (χ4v) is 2.41. The Balaban J connectivity index is 2.56. The number of fused-ring (bicyclic) bond motifs is 1. The van der Waals surface area contributed by atoms with Crippen molar-refractivity contribution in [1.29, 1.82) is 0 Å². The summed E-state index contributed by atoms with van der Waals surface area (Å²) in [5.41, 5.74) is 1.81. The summed E-state index contributed by atoms with van der Waals surface area (Å²) >= 11 is 5.97. The van der Waals surface area contributed by atoms with Crippen LogP contribution in [0.25, 0.3) is 11.0 Å². The van der Waals surface area contributed by atoms with Crippen molar-refractivity contribution in [3.8, 4) is 0 Å². The minimum atomic E-state index is -0.805. The number of carboxylic acids is 1. The molecule has 0 saturated heterocycles. The van der Waals surface area contributed by atoms with E-state index >= 15 is 0 Å². The molecular formula is C14H17ClN2O2. The predicted octanol–water partition coefficient (Wildman–Crippen LogP) is 3.53. The molecule has 0 amide bonds. The zero-order valence-electron chi connectivity index (χ0n) is 11.2. The Labute approximate surface area is 117 Å². The first-order chi connectivity index (χ1) is 8.95. The van der Waals surface area contributed by atoms with Crippen LogP contribution in [0.4, 0.5) is 0 Å². The number of aromatic nitrogens is 2. The first-order valence-corrected chi connectivity index (χ1v) is 6.72. The quantitative estimate of drug-likeness (QED) is 0.932. The van der Waals surface area contributed by atoms with E-state index < -0.39 is 11.9 Å². The van der Waals surface area contributed by atoms with Crippen molar-refractivity contribution in [3.63, 3.8) is 0 Å². The van der Waals surface area contributed by atoms with Crippen LogP contribution >= 0.6 is 11.6 Å². The number of imidazole rings is 1. The van der Waals surface area contributed by atoms with Crippen molar-refractivity contribution in [1.82, 2.24) is 9.55 Å². The molecule has 0 aliphatic heterocycles. The topological polar surface area (TPSA) is 55.1 Å². The molecule has 0 fully saturated rings. The number of carbonyl (C=O) groups is 1. The van der Waals surface area contributed by atoms with Gasteiger partial charge in [0, 0.05) is 17.5 Å². The predicted molar refractivity (Wildman–Crippen MR) is 75.6 cm³/mol. The molecule has 5 heteroatoms. The van der Waals surface area contributed by atoms with Gasteiger partial charge in [0.2, 0.25) is 0 Å². The summed E-state index contributed by atoms with van der Waals surface area (Å²) in [6.07, 6.45) is 0. The van der Waals surface area contributed by atoms with Gasteiger partial charge in [-0.15, -0.1) is 0 Å². The number of hydrogen-bond acceptors (Lipinski definition) is 2. The van der Waals surface area contributed by atoms with E-state index in [1.165, 1.54) is 0 Å². The molecule has 0 saturated carbocycles. The standard InChI is InChI=1S/C14H17ClN2O2/c1-4-17-12-6-5-10(15)7-11(12)16-13(17)8(2)9(3)14(18)19/h5-9H,4H2,1-3H3,(H,18,19). The lowest BCUT2D eigenvalue weighted by Crippen LogP contribution is -2.19. The molecule has 19 heavy (non-hydrogen) atoms. The maximum Gasteiger partial charge on any atom is 0.306 e. The Kier molecular flexibility index (Phi) is 3.80.